The van der Waals surface area contributed by atoms with Crippen molar-refractivity contribution >= 4 is 11.7 Å². The zero-order chi connectivity index (χ0) is 24.7. The molecule has 0 radical (unpaired) electrons. The molecular formula is C23H26F4N2O4. The van der Waals surface area contributed by atoms with Crippen molar-refractivity contribution in [2.45, 2.75) is 57.0 Å². The molecule has 33 heavy (non-hydrogen) atoms. The average Bonchev–Trinajstić information content (AvgIpc) is 2.99. The highest BCUT2D eigenvalue weighted by atomic mass is 19.4. The lowest BCUT2D eigenvalue weighted by molar-refractivity contribution is -0.207. The molecule has 4 N–H and O–H groups in total. The number of fused-ring (bicyclic) bond motifs is 1. The molecule has 3 rings (SSSR count). The number of halogens is 4. The van der Waals surface area contributed by atoms with E-state index in [9.17, 15) is 32.6 Å². The summed E-state index contributed by atoms with van der Waals surface area (Å²) < 4.78 is 58.5. The maximum Gasteiger partial charge on any atom is 0.418 e. The van der Waals surface area contributed by atoms with Crippen LogP contribution < -0.4 is 15.4 Å². The fraction of sp³-hybridized carbons (Fsp3) is 0.435. The Hall–Kier alpha value is -2.85. The number of carbonyl (C=O) groups is 1. The van der Waals surface area contributed by atoms with Crippen molar-refractivity contribution in [3.05, 3.63) is 58.4 Å². The van der Waals surface area contributed by atoms with Crippen LogP contribution in [0.1, 0.15) is 55.2 Å². The van der Waals surface area contributed by atoms with Crippen molar-refractivity contribution < 1.29 is 37.3 Å². The van der Waals surface area contributed by atoms with E-state index >= 15 is 0 Å². The van der Waals surface area contributed by atoms with Gasteiger partial charge in [0.05, 0.1) is 24.9 Å². The van der Waals surface area contributed by atoms with Crippen LogP contribution in [0.25, 0.3) is 0 Å². The first-order valence-corrected chi connectivity index (χ1v) is 10.2. The molecular weight excluding hydrogens is 444 g/mol. The second kappa shape index (κ2) is 8.83. The normalized spacial score (nSPS) is 19.1. The molecule has 3 atom stereocenters. The number of nitrogens with one attached hydrogen (secondary N) is 2. The summed E-state index contributed by atoms with van der Waals surface area (Å²) in [6.45, 7) is 5.31. The molecule has 2 aromatic rings. The van der Waals surface area contributed by atoms with Gasteiger partial charge in [0.2, 0.25) is 0 Å². The molecule has 0 saturated heterocycles. The molecule has 180 valence electrons. The van der Waals surface area contributed by atoms with Crippen molar-refractivity contribution in [2.75, 3.05) is 12.4 Å². The van der Waals surface area contributed by atoms with E-state index in [4.69, 9.17) is 4.74 Å². The maximum absolute atomic E-state index is 13.5. The molecule has 10 heteroatoms. The van der Waals surface area contributed by atoms with Crippen LogP contribution in [0.3, 0.4) is 0 Å². The summed E-state index contributed by atoms with van der Waals surface area (Å²) in [6.07, 6.45) is -8.66. The first kappa shape index (κ1) is 24.8. The zero-order valence-electron chi connectivity index (χ0n) is 18.5. The zero-order valence-corrected chi connectivity index (χ0v) is 18.5. The smallest absolute Gasteiger partial charge is 0.418 e. The molecule has 1 aliphatic carbocycles. The number of rotatable bonds is 4. The summed E-state index contributed by atoms with van der Waals surface area (Å²) in [7, 11) is 1.13. The summed E-state index contributed by atoms with van der Waals surface area (Å²) in [5.41, 5.74) is 0.265. The predicted molar refractivity (Wildman–Crippen MR) is 114 cm³/mol. The Kier molecular flexibility index (Phi) is 6.63. The molecule has 0 fully saturated rings. The Bertz CT molecular complexity index is 1050. The van der Waals surface area contributed by atoms with Crippen LogP contribution in [0.2, 0.25) is 0 Å². The van der Waals surface area contributed by atoms with Gasteiger partial charge in [0.1, 0.15) is 11.6 Å². The number of urea groups is 1. The van der Waals surface area contributed by atoms with Gasteiger partial charge in [-0.1, -0.05) is 26.8 Å². The molecule has 0 bridgehead atoms. The lowest BCUT2D eigenvalue weighted by atomic mass is 9.84. The standard InChI is InChI=1S/C23H26F4N2O4/c1-22(2,3)12-9-15(20(31)23(25,26)27)19(33-4)17(10-12)29-21(32)28-16-8-11-7-13(24)5-6-14(11)18(16)30/h5-7,9-10,16,18,20,30-31H,8H2,1-4H3,(H2,28,29,32)/t16-,18+,20+/m0/s1. The van der Waals surface area contributed by atoms with E-state index in [1.54, 1.807) is 20.8 Å². The minimum atomic E-state index is -4.95. The van der Waals surface area contributed by atoms with Crippen LogP contribution in [0.15, 0.2) is 30.3 Å². The molecule has 0 unspecified atom stereocenters. The third kappa shape index (κ3) is 5.22. The van der Waals surface area contributed by atoms with Crippen LogP contribution in [0, 0.1) is 5.82 Å². The third-order valence-electron chi connectivity index (χ3n) is 5.60. The number of aliphatic hydroxyl groups excluding tert-OH is 2. The number of carbonyl (C=O) groups excluding carboxylic acids is 1. The number of alkyl halides is 3. The fourth-order valence-electron chi connectivity index (χ4n) is 3.85. The number of aliphatic hydroxyl groups is 2. The molecule has 0 aromatic heterocycles. The summed E-state index contributed by atoms with van der Waals surface area (Å²) in [6, 6.07) is 5.03. The van der Waals surface area contributed by atoms with E-state index in [0.29, 0.717) is 16.7 Å². The Morgan fingerprint density at radius 3 is 2.42 bits per heavy atom. The van der Waals surface area contributed by atoms with Crippen LogP contribution in [-0.4, -0.2) is 35.6 Å². The van der Waals surface area contributed by atoms with Crippen LogP contribution in [0.5, 0.6) is 5.75 Å². The van der Waals surface area contributed by atoms with E-state index in [0.717, 1.165) is 7.11 Å². The molecule has 0 saturated carbocycles. The summed E-state index contributed by atoms with van der Waals surface area (Å²) in [5, 5.41) is 25.4. The summed E-state index contributed by atoms with van der Waals surface area (Å²) in [4.78, 5) is 12.7. The van der Waals surface area contributed by atoms with Gasteiger partial charge >= 0.3 is 12.2 Å². The maximum atomic E-state index is 13.5. The highest BCUT2D eigenvalue weighted by Crippen LogP contribution is 2.43. The SMILES string of the molecule is COc1c(NC(=O)N[C@H]2Cc3cc(F)ccc3[C@H]2O)cc(C(C)(C)C)cc1[C@@H](O)C(F)(F)F. The number of hydrogen-bond donors (Lipinski definition) is 4. The van der Waals surface area contributed by atoms with E-state index in [1.807, 2.05) is 0 Å². The number of methoxy groups -OCH3 is 1. The minimum Gasteiger partial charge on any atom is -0.494 e. The lowest BCUT2D eigenvalue weighted by Crippen LogP contribution is -2.40. The van der Waals surface area contributed by atoms with Crippen molar-refractivity contribution in [1.29, 1.82) is 0 Å². The fourth-order valence-corrected chi connectivity index (χ4v) is 3.85. The first-order chi connectivity index (χ1) is 15.2. The third-order valence-corrected chi connectivity index (χ3v) is 5.60. The number of anilines is 1. The quantitative estimate of drug-likeness (QED) is 0.495. The van der Waals surface area contributed by atoms with Gasteiger partial charge in [-0.05, 0) is 52.8 Å². The molecule has 0 aliphatic heterocycles. The van der Waals surface area contributed by atoms with Gasteiger partial charge in [-0.15, -0.1) is 0 Å². The van der Waals surface area contributed by atoms with Crippen LogP contribution in [-0.2, 0) is 11.8 Å². The minimum absolute atomic E-state index is 0.0724. The number of amides is 2. The lowest BCUT2D eigenvalue weighted by Gasteiger charge is -2.26. The Labute approximate surface area is 188 Å². The van der Waals surface area contributed by atoms with Gasteiger partial charge in [-0.2, -0.15) is 13.2 Å². The van der Waals surface area contributed by atoms with E-state index < -0.39 is 47.3 Å². The first-order valence-electron chi connectivity index (χ1n) is 10.2. The van der Waals surface area contributed by atoms with E-state index in [2.05, 4.69) is 10.6 Å². The van der Waals surface area contributed by atoms with Crippen molar-refractivity contribution in [1.82, 2.24) is 5.32 Å². The van der Waals surface area contributed by atoms with Gasteiger partial charge in [0.25, 0.3) is 0 Å². The largest absolute Gasteiger partial charge is 0.494 e. The van der Waals surface area contributed by atoms with Crippen molar-refractivity contribution in [2.24, 2.45) is 0 Å². The van der Waals surface area contributed by atoms with Gasteiger partial charge in [0, 0.05) is 5.56 Å². The highest BCUT2D eigenvalue weighted by Gasteiger charge is 2.42. The molecule has 2 aromatic carbocycles. The molecule has 6 nitrogen and oxygen atoms in total. The second-order valence-corrected chi connectivity index (χ2v) is 9.04. The number of hydrogen-bond acceptors (Lipinski definition) is 4. The van der Waals surface area contributed by atoms with Gasteiger partial charge in [0.15, 0.2) is 6.10 Å². The van der Waals surface area contributed by atoms with E-state index in [1.165, 1.54) is 30.3 Å². The monoisotopic (exact) mass is 470 g/mol. The number of ether oxygens (including phenoxy) is 1. The van der Waals surface area contributed by atoms with Crippen LogP contribution >= 0.6 is 0 Å². The molecule has 2 amide bonds. The summed E-state index contributed by atoms with van der Waals surface area (Å²) >= 11 is 0. The van der Waals surface area contributed by atoms with Gasteiger partial charge in [-0.3, -0.25) is 0 Å². The molecule has 0 spiro atoms. The van der Waals surface area contributed by atoms with Crippen molar-refractivity contribution in [3.8, 4) is 5.75 Å². The van der Waals surface area contributed by atoms with Crippen molar-refractivity contribution in [3.63, 3.8) is 0 Å². The topological polar surface area (TPSA) is 90.8 Å². The predicted octanol–water partition coefficient (Wildman–Crippen LogP) is 4.51. The van der Waals surface area contributed by atoms with Gasteiger partial charge in [-0.25, -0.2) is 9.18 Å². The molecule has 0 heterocycles. The molecule has 1 aliphatic rings. The second-order valence-electron chi connectivity index (χ2n) is 9.04. The average molecular weight is 470 g/mol. The Balaban J connectivity index is 1.90. The highest BCUT2D eigenvalue weighted by molar-refractivity contribution is 5.92. The van der Waals surface area contributed by atoms with Crippen LogP contribution in [0.4, 0.5) is 28.0 Å². The van der Waals surface area contributed by atoms with E-state index in [-0.39, 0.29) is 17.9 Å². The van der Waals surface area contributed by atoms with Gasteiger partial charge < -0.3 is 25.6 Å². The number of benzene rings is 2. The Morgan fingerprint density at radius 2 is 1.85 bits per heavy atom. The Morgan fingerprint density at radius 1 is 1.18 bits per heavy atom. The summed E-state index contributed by atoms with van der Waals surface area (Å²) in [5.74, 6) is -0.800.